The molecule has 0 aromatic carbocycles. The van der Waals surface area contributed by atoms with E-state index in [1.165, 1.54) is 4.68 Å². The second-order valence-corrected chi connectivity index (χ2v) is 3.04. The molecule has 0 saturated heterocycles. The fourth-order valence-corrected chi connectivity index (χ4v) is 1.15. The van der Waals surface area contributed by atoms with Crippen LogP contribution in [0.3, 0.4) is 0 Å². The summed E-state index contributed by atoms with van der Waals surface area (Å²) in [4.78, 5) is 0. The number of rotatable bonds is 1. The van der Waals surface area contributed by atoms with E-state index in [2.05, 4.69) is 10.2 Å². The molecule has 0 spiro atoms. The summed E-state index contributed by atoms with van der Waals surface area (Å²) < 4.78 is 38.2. The van der Waals surface area contributed by atoms with Crippen LogP contribution in [0.25, 0.3) is 11.4 Å². The Labute approximate surface area is 82.7 Å². The van der Waals surface area contributed by atoms with Gasteiger partial charge in [0, 0.05) is 13.2 Å². The van der Waals surface area contributed by atoms with Gasteiger partial charge in [0.05, 0.1) is 0 Å². The Hall–Kier alpha value is -1.79. The molecule has 2 rings (SSSR count). The van der Waals surface area contributed by atoms with Gasteiger partial charge in [0.15, 0.2) is 0 Å². The van der Waals surface area contributed by atoms with Gasteiger partial charge >= 0.3 is 6.18 Å². The first kappa shape index (κ1) is 9.75. The van der Waals surface area contributed by atoms with E-state index in [1.807, 2.05) is 5.10 Å². The Balaban J connectivity index is 2.36. The molecule has 0 aliphatic heterocycles. The zero-order valence-corrected chi connectivity index (χ0v) is 7.71. The van der Waals surface area contributed by atoms with Gasteiger partial charge in [-0.25, -0.2) is 0 Å². The molecule has 7 heteroatoms. The number of hydrogen-bond donors (Lipinski definition) is 1. The number of aryl methyl sites for hydroxylation is 1. The predicted molar refractivity (Wildman–Crippen MR) is 45.8 cm³/mol. The summed E-state index contributed by atoms with van der Waals surface area (Å²) in [6, 6.07) is 2.53. The summed E-state index contributed by atoms with van der Waals surface area (Å²) in [5.41, 5.74) is -0.282. The minimum atomic E-state index is -4.40. The molecule has 0 fully saturated rings. The summed E-state index contributed by atoms with van der Waals surface area (Å²) in [5, 5.41) is 9.42. The Morgan fingerprint density at radius 3 is 2.53 bits per heavy atom. The van der Waals surface area contributed by atoms with Gasteiger partial charge < -0.3 is 0 Å². The lowest BCUT2D eigenvalue weighted by molar-refractivity contribution is -0.141. The number of aromatic nitrogens is 4. The van der Waals surface area contributed by atoms with Crippen LogP contribution in [-0.4, -0.2) is 20.0 Å². The van der Waals surface area contributed by atoms with Crippen LogP contribution in [0.15, 0.2) is 18.3 Å². The lowest BCUT2D eigenvalue weighted by Gasteiger charge is -1.99. The third kappa shape index (κ3) is 1.85. The van der Waals surface area contributed by atoms with Crippen LogP contribution in [-0.2, 0) is 13.2 Å². The maximum atomic E-state index is 12.2. The predicted octanol–water partition coefficient (Wildman–Crippen LogP) is 1.83. The number of nitrogens with zero attached hydrogens (tertiary/aromatic N) is 3. The lowest BCUT2D eigenvalue weighted by Crippen LogP contribution is -2.04. The molecule has 0 atom stereocenters. The van der Waals surface area contributed by atoms with E-state index in [1.54, 1.807) is 19.3 Å². The molecule has 0 bridgehead atoms. The zero-order chi connectivity index (χ0) is 11.1. The number of H-pyrrole nitrogens is 1. The Morgan fingerprint density at radius 2 is 2.07 bits per heavy atom. The lowest BCUT2D eigenvalue weighted by atomic mass is 10.3. The molecule has 1 N–H and O–H groups in total. The molecule has 2 heterocycles. The van der Waals surface area contributed by atoms with Gasteiger partial charge in [-0.05, 0) is 12.1 Å². The highest BCUT2D eigenvalue weighted by Crippen LogP contribution is 2.29. The summed E-state index contributed by atoms with van der Waals surface area (Å²) >= 11 is 0. The average Bonchev–Trinajstić information content (AvgIpc) is 2.69. The smallest absolute Gasteiger partial charge is 0.275 e. The molecule has 0 aliphatic rings. The van der Waals surface area contributed by atoms with Gasteiger partial charge in [0.2, 0.25) is 0 Å². The van der Waals surface area contributed by atoms with Crippen molar-refractivity contribution in [3.05, 3.63) is 24.0 Å². The van der Waals surface area contributed by atoms with Gasteiger partial charge in [-0.3, -0.25) is 9.78 Å². The molecule has 0 amide bonds. The Bertz CT molecular complexity index is 468. The van der Waals surface area contributed by atoms with Gasteiger partial charge in [0.25, 0.3) is 0 Å². The third-order valence-corrected chi connectivity index (χ3v) is 1.86. The molecular formula is C8H7F3N4. The average molecular weight is 216 g/mol. The van der Waals surface area contributed by atoms with Gasteiger partial charge in [-0.2, -0.15) is 23.4 Å². The largest absolute Gasteiger partial charge is 0.432 e. The van der Waals surface area contributed by atoms with Crippen LogP contribution in [0, 0.1) is 0 Å². The van der Waals surface area contributed by atoms with Crippen molar-refractivity contribution in [2.75, 3.05) is 0 Å². The highest BCUT2D eigenvalue weighted by molar-refractivity contribution is 5.53. The molecule has 0 aliphatic carbocycles. The maximum Gasteiger partial charge on any atom is 0.432 e. The van der Waals surface area contributed by atoms with Crippen molar-refractivity contribution in [1.82, 2.24) is 20.0 Å². The molecule has 2 aromatic heterocycles. The first-order chi connectivity index (χ1) is 6.97. The van der Waals surface area contributed by atoms with Crippen LogP contribution in [0.2, 0.25) is 0 Å². The van der Waals surface area contributed by atoms with E-state index in [9.17, 15) is 13.2 Å². The molecule has 4 nitrogen and oxygen atoms in total. The molecule has 2 aromatic rings. The molecule has 0 saturated carbocycles. The third-order valence-electron chi connectivity index (χ3n) is 1.86. The number of nitrogens with one attached hydrogen (secondary N) is 1. The van der Waals surface area contributed by atoms with Crippen molar-refractivity contribution >= 4 is 0 Å². The maximum absolute atomic E-state index is 12.2. The van der Waals surface area contributed by atoms with Crippen molar-refractivity contribution < 1.29 is 13.2 Å². The summed E-state index contributed by atoms with van der Waals surface area (Å²) in [7, 11) is 1.68. The molecule has 0 radical (unpaired) electrons. The van der Waals surface area contributed by atoms with Gasteiger partial charge in [-0.1, -0.05) is 0 Å². The fraction of sp³-hybridized carbons (Fsp3) is 0.250. The first-order valence-electron chi connectivity index (χ1n) is 4.09. The zero-order valence-electron chi connectivity index (χ0n) is 7.71. The minimum Gasteiger partial charge on any atom is -0.275 e. The summed E-state index contributed by atoms with van der Waals surface area (Å²) in [5.74, 6) is 0. The van der Waals surface area contributed by atoms with Gasteiger partial charge in [0.1, 0.15) is 17.1 Å². The second kappa shape index (κ2) is 3.11. The number of alkyl halides is 3. The number of hydrogen-bond acceptors (Lipinski definition) is 2. The van der Waals surface area contributed by atoms with E-state index in [-0.39, 0.29) is 5.69 Å². The Kier molecular flexibility index (Phi) is 2.02. The number of halogens is 3. The van der Waals surface area contributed by atoms with Crippen molar-refractivity contribution in [3.8, 4) is 11.4 Å². The fourth-order valence-electron chi connectivity index (χ4n) is 1.15. The monoisotopic (exact) mass is 216 g/mol. The highest BCUT2D eigenvalue weighted by Gasteiger charge is 2.33. The van der Waals surface area contributed by atoms with Crippen LogP contribution in [0.4, 0.5) is 13.2 Å². The summed E-state index contributed by atoms with van der Waals surface area (Å²) in [6.45, 7) is 0. The first-order valence-corrected chi connectivity index (χ1v) is 4.09. The van der Waals surface area contributed by atoms with E-state index in [0.717, 1.165) is 6.07 Å². The molecule has 15 heavy (non-hydrogen) atoms. The van der Waals surface area contributed by atoms with Crippen molar-refractivity contribution in [3.63, 3.8) is 0 Å². The summed E-state index contributed by atoms with van der Waals surface area (Å²) in [6.07, 6.45) is -2.77. The van der Waals surface area contributed by atoms with Crippen LogP contribution < -0.4 is 0 Å². The van der Waals surface area contributed by atoms with E-state index >= 15 is 0 Å². The SMILES string of the molecule is Cn1ccc(-c2cc(C(F)(F)F)[nH]n2)n1. The number of aromatic amines is 1. The van der Waals surface area contributed by atoms with Crippen molar-refractivity contribution in [2.24, 2.45) is 7.05 Å². The molecular weight excluding hydrogens is 209 g/mol. The quantitative estimate of drug-likeness (QED) is 0.790. The molecule has 80 valence electrons. The van der Waals surface area contributed by atoms with Crippen LogP contribution in [0.5, 0.6) is 0 Å². The second-order valence-electron chi connectivity index (χ2n) is 3.04. The van der Waals surface area contributed by atoms with Crippen molar-refractivity contribution in [1.29, 1.82) is 0 Å². The highest BCUT2D eigenvalue weighted by atomic mass is 19.4. The Morgan fingerprint density at radius 1 is 1.33 bits per heavy atom. The molecule has 0 unspecified atom stereocenters. The van der Waals surface area contributed by atoms with Crippen molar-refractivity contribution in [2.45, 2.75) is 6.18 Å². The van der Waals surface area contributed by atoms with Crippen LogP contribution >= 0.6 is 0 Å². The van der Waals surface area contributed by atoms with E-state index < -0.39 is 11.9 Å². The van der Waals surface area contributed by atoms with E-state index in [4.69, 9.17) is 0 Å². The van der Waals surface area contributed by atoms with Gasteiger partial charge in [-0.15, -0.1) is 0 Å². The standard InChI is InChI=1S/C8H7F3N4/c1-15-3-2-5(14-15)6-4-7(13-12-6)8(9,10)11/h2-4H,1H3,(H,12,13). The minimum absolute atomic E-state index is 0.183. The van der Waals surface area contributed by atoms with Crippen LogP contribution in [0.1, 0.15) is 5.69 Å². The topological polar surface area (TPSA) is 46.5 Å². The van der Waals surface area contributed by atoms with E-state index in [0.29, 0.717) is 5.69 Å². The normalized spacial score (nSPS) is 12.0.